The maximum atomic E-state index is 9.70. The van der Waals surface area contributed by atoms with Crippen molar-refractivity contribution in [2.45, 2.75) is 0 Å². The van der Waals surface area contributed by atoms with Gasteiger partial charge in [0.25, 0.3) is 0 Å². The van der Waals surface area contributed by atoms with E-state index in [1.807, 2.05) is 36.1 Å². The van der Waals surface area contributed by atoms with Gasteiger partial charge in [-0.3, -0.25) is 0 Å². The van der Waals surface area contributed by atoms with Crippen LogP contribution in [0.15, 0.2) is 0 Å². The monoisotopic (exact) mass is 378 g/mol. The molecule has 0 amide bonds. The van der Waals surface area contributed by atoms with Crippen LogP contribution in [0.3, 0.4) is 0 Å². The first-order valence-corrected chi connectivity index (χ1v) is 16.2. The predicted molar refractivity (Wildman–Crippen MR) is 32.3 cm³/mol. The topological polar surface area (TPSA) is 48.6 Å². The van der Waals surface area contributed by atoms with Gasteiger partial charge in [0.2, 0.25) is 0 Å². The summed E-state index contributed by atoms with van der Waals surface area (Å²) in [6.45, 7) is 0. The van der Waals surface area contributed by atoms with Crippen molar-refractivity contribution in [3.63, 3.8) is 0 Å². The number of hydrogen-bond donors (Lipinski definition) is 0. The molecule has 5 heteroatoms. The van der Waals surface area contributed by atoms with E-state index in [4.69, 9.17) is 0 Å². The molecule has 5 heavy (non-hydrogen) atoms. The second-order valence-corrected chi connectivity index (χ2v) is 25.1. The Morgan fingerprint density at radius 3 is 1.40 bits per heavy atom. The molecule has 32 valence electrons. The summed E-state index contributed by atoms with van der Waals surface area (Å²) in [6.07, 6.45) is 0. The molecule has 2 nitrogen and oxygen atoms in total. The summed E-state index contributed by atoms with van der Waals surface area (Å²) in [6, 6.07) is 0. The fourth-order valence-corrected chi connectivity index (χ4v) is 0. The molecule has 0 atom stereocenters. The van der Waals surface area contributed by atoms with Crippen LogP contribution in [0.2, 0.25) is 0 Å². The second kappa shape index (κ2) is 6.10. The quantitative estimate of drug-likeness (QED) is 0.576. The minimum atomic E-state index is -1.85. The molecule has 0 aliphatic rings. The third-order valence-corrected chi connectivity index (χ3v) is 0. The van der Waals surface area contributed by atoms with Gasteiger partial charge in [0.1, 0.15) is 0 Å². The molecule has 2 N–H and O–H groups in total. The van der Waals surface area contributed by atoms with Crippen LogP contribution < -0.4 is 0 Å². The van der Waals surface area contributed by atoms with Gasteiger partial charge < -0.3 is 5.48 Å². The Bertz CT molecular complexity index is 30.6. The molecule has 0 radical (unpaired) electrons. The zero-order valence-electron chi connectivity index (χ0n) is 2.16. The van der Waals surface area contributed by atoms with Crippen LogP contribution in [-0.4, -0.2) is 5.48 Å². The first kappa shape index (κ1) is 10.2. The summed E-state index contributed by atoms with van der Waals surface area (Å²) in [5.74, 6) is 0. The average Bonchev–Trinajstić information content (AvgIpc) is 0.811. The van der Waals surface area contributed by atoms with Crippen molar-refractivity contribution in [2.24, 2.45) is 0 Å². The maximum absolute atomic E-state index is 9.70. The van der Waals surface area contributed by atoms with Crippen LogP contribution in [0, 0.1) is 0 Å². The number of hydrogen-bond acceptors (Lipinski definition) is 1. The van der Waals surface area contributed by atoms with Gasteiger partial charge in [0.15, 0.2) is 0 Å². The van der Waals surface area contributed by atoms with Crippen LogP contribution in [-0.2, 0) is 16.2 Å². The summed E-state index contributed by atoms with van der Waals surface area (Å²) >= 11 is 2.09. The summed E-state index contributed by atoms with van der Waals surface area (Å²) in [7, 11) is 0. The normalized spacial score (nSPS) is 5.20. The standard InChI is InChI=1S/2HI.H2O.O.Zr/h2*1H;1H2;;/q;;;;+2/p-2. The Labute approximate surface area is 56.5 Å². The van der Waals surface area contributed by atoms with Gasteiger partial charge in [-0.05, 0) is 0 Å². The molecule has 0 heterocycles. The molecule has 0 aromatic rings. The molecule has 0 aliphatic heterocycles. The second-order valence-electron chi connectivity index (χ2n) is 0.226. The molecule has 0 spiro atoms. The van der Waals surface area contributed by atoms with Crippen LogP contribution in [0.4, 0.5) is 0 Å². The molecule has 0 unspecified atom stereocenters. The van der Waals surface area contributed by atoms with Crippen LogP contribution in [0.5, 0.6) is 0 Å². The summed E-state index contributed by atoms with van der Waals surface area (Å²) < 4.78 is 9.70. The van der Waals surface area contributed by atoms with Crippen LogP contribution in [0.1, 0.15) is 0 Å². The van der Waals surface area contributed by atoms with Gasteiger partial charge in [-0.2, -0.15) is 0 Å². The third-order valence-electron chi connectivity index (χ3n) is 0. The molecule has 0 saturated heterocycles. The fraction of sp³-hybridized carbons (Fsp3) is 0. The third kappa shape index (κ3) is 23.2. The Morgan fingerprint density at radius 2 is 1.40 bits per heavy atom. The zero-order chi connectivity index (χ0) is 3.58. The molecule has 0 aromatic carbocycles. The van der Waals surface area contributed by atoms with E-state index in [0.29, 0.717) is 0 Å². The Kier molecular flexibility index (Phi) is 12.4. The van der Waals surface area contributed by atoms with Crippen molar-refractivity contribution in [3.8, 4) is 0 Å². The van der Waals surface area contributed by atoms with Crippen molar-refractivity contribution in [1.82, 2.24) is 0 Å². The van der Waals surface area contributed by atoms with Gasteiger partial charge in [-0.15, -0.1) is 0 Å². The molecule has 0 fully saturated rings. The summed E-state index contributed by atoms with van der Waals surface area (Å²) in [5, 5.41) is 0. The van der Waals surface area contributed by atoms with E-state index in [1.165, 1.54) is 0 Å². The van der Waals surface area contributed by atoms with E-state index in [1.54, 1.807) is 0 Å². The van der Waals surface area contributed by atoms with Crippen molar-refractivity contribution in [1.29, 1.82) is 0 Å². The summed E-state index contributed by atoms with van der Waals surface area (Å²) in [5.41, 5.74) is 0. The molecular formula is H2I2O2Zr. The molecule has 0 aliphatic carbocycles. The van der Waals surface area contributed by atoms with Gasteiger partial charge in [0.05, 0.1) is 0 Å². The van der Waals surface area contributed by atoms with Gasteiger partial charge in [0, 0.05) is 0 Å². The van der Waals surface area contributed by atoms with E-state index in [2.05, 4.69) is 0 Å². The fourth-order valence-electron chi connectivity index (χ4n) is 0. The van der Waals surface area contributed by atoms with Crippen molar-refractivity contribution in [3.05, 3.63) is 0 Å². The van der Waals surface area contributed by atoms with Crippen molar-refractivity contribution < 1.29 is 21.7 Å². The SMILES string of the molecule is O.[O]=[Zr]([I])[I]. The summed E-state index contributed by atoms with van der Waals surface area (Å²) in [4.78, 5) is 0. The molecule has 0 aromatic heterocycles. The van der Waals surface area contributed by atoms with Gasteiger partial charge in [-0.25, -0.2) is 0 Å². The first-order valence-electron chi connectivity index (χ1n) is 0.582. The predicted octanol–water partition coefficient (Wildman–Crippen LogP) is 0.825. The van der Waals surface area contributed by atoms with E-state index < -0.39 is 13.4 Å². The van der Waals surface area contributed by atoms with E-state index in [9.17, 15) is 2.81 Å². The van der Waals surface area contributed by atoms with E-state index in [-0.39, 0.29) is 5.48 Å². The van der Waals surface area contributed by atoms with Crippen molar-refractivity contribution in [2.75, 3.05) is 0 Å². The number of halogens is 2. The van der Waals surface area contributed by atoms with Crippen molar-refractivity contribution >= 4 is 36.1 Å². The Balaban J connectivity index is 0. The minimum absolute atomic E-state index is 0. The van der Waals surface area contributed by atoms with E-state index >= 15 is 0 Å². The van der Waals surface area contributed by atoms with Crippen LogP contribution >= 0.6 is 36.1 Å². The molecule has 0 saturated carbocycles. The zero-order valence-corrected chi connectivity index (χ0v) is 8.94. The van der Waals surface area contributed by atoms with Crippen LogP contribution in [0.25, 0.3) is 0 Å². The molecule has 0 rings (SSSR count). The Hall–Kier alpha value is 2.10. The molecular weight excluding hydrogens is 377 g/mol. The first-order chi connectivity index (χ1) is 1.73. The Morgan fingerprint density at radius 1 is 1.40 bits per heavy atom. The average molecular weight is 379 g/mol. The number of rotatable bonds is 0. The van der Waals surface area contributed by atoms with Gasteiger partial charge >= 0.3 is 52.3 Å². The van der Waals surface area contributed by atoms with E-state index in [0.717, 1.165) is 0 Å². The van der Waals surface area contributed by atoms with Gasteiger partial charge in [-0.1, -0.05) is 0 Å². The molecule has 0 bridgehead atoms.